The second-order valence-corrected chi connectivity index (χ2v) is 5.62. The van der Waals surface area contributed by atoms with Crippen LogP contribution in [0, 0.1) is 0 Å². The van der Waals surface area contributed by atoms with E-state index in [1.54, 1.807) is 12.1 Å². The molecule has 2 aromatic rings. The highest BCUT2D eigenvalue weighted by Gasteiger charge is 2.14. The van der Waals surface area contributed by atoms with Crippen LogP contribution in [0.25, 0.3) is 0 Å². The third-order valence-corrected chi connectivity index (χ3v) is 3.59. The molecule has 0 spiro atoms. The molecule has 0 aliphatic heterocycles. The van der Waals surface area contributed by atoms with Gasteiger partial charge in [-0.15, -0.1) is 0 Å². The zero-order valence-corrected chi connectivity index (χ0v) is 14.1. The van der Waals surface area contributed by atoms with E-state index in [4.69, 9.17) is 4.74 Å². The third kappa shape index (κ3) is 4.58. The molecule has 2 N–H and O–H groups in total. The molecule has 2 aromatic carbocycles. The fourth-order valence-corrected chi connectivity index (χ4v) is 2.35. The van der Waals surface area contributed by atoms with Gasteiger partial charge >= 0.3 is 6.61 Å². The Morgan fingerprint density at radius 2 is 2.00 bits per heavy atom. The summed E-state index contributed by atoms with van der Waals surface area (Å²) in [5.74, 6) is -0.618. The van der Waals surface area contributed by atoms with E-state index in [1.165, 1.54) is 31.4 Å². The van der Waals surface area contributed by atoms with E-state index in [9.17, 15) is 18.7 Å². The zero-order valence-electron chi connectivity index (χ0n) is 12.6. The standard InChI is InChI=1S/C16H14BrF2NO4/c1-23-13-5-2-9(6-14(13)24-16(18)19)8-20-15(22)11-7-10(17)3-4-12(11)21/h2-7,16,21H,8H2,1H3,(H,20,22). The lowest BCUT2D eigenvalue weighted by Gasteiger charge is -2.12. The molecule has 128 valence electrons. The van der Waals surface area contributed by atoms with E-state index in [1.807, 2.05) is 0 Å². The molecule has 0 fully saturated rings. The van der Waals surface area contributed by atoms with Gasteiger partial charge in [0, 0.05) is 11.0 Å². The van der Waals surface area contributed by atoms with Crippen molar-refractivity contribution in [1.29, 1.82) is 0 Å². The smallest absolute Gasteiger partial charge is 0.387 e. The second kappa shape index (κ2) is 7.96. The van der Waals surface area contributed by atoms with Crippen molar-refractivity contribution in [1.82, 2.24) is 5.32 Å². The molecule has 0 heterocycles. The van der Waals surface area contributed by atoms with Gasteiger partial charge in [0.2, 0.25) is 0 Å². The second-order valence-electron chi connectivity index (χ2n) is 4.71. The summed E-state index contributed by atoms with van der Waals surface area (Å²) >= 11 is 3.22. The van der Waals surface area contributed by atoms with Crippen molar-refractivity contribution in [2.24, 2.45) is 0 Å². The van der Waals surface area contributed by atoms with Crippen molar-refractivity contribution in [2.75, 3.05) is 7.11 Å². The molecule has 24 heavy (non-hydrogen) atoms. The highest BCUT2D eigenvalue weighted by molar-refractivity contribution is 9.10. The topological polar surface area (TPSA) is 67.8 Å². The number of halogens is 3. The first-order valence-electron chi connectivity index (χ1n) is 6.79. The van der Waals surface area contributed by atoms with Crippen LogP contribution in [0.4, 0.5) is 8.78 Å². The number of nitrogens with one attached hydrogen (secondary N) is 1. The molecule has 0 unspecified atom stereocenters. The Balaban J connectivity index is 2.11. The van der Waals surface area contributed by atoms with Crippen LogP contribution in [0.1, 0.15) is 15.9 Å². The van der Waals surface area contributed by atoms with Crippen LogP contribution < -0.4 is 14.8 Å². The molecule has 0 aliphatic rings. The van der Waals surface area contributed by atoms with Gasteiger partial charge in [-0.3, -0.25) is 4.79 Å². The quantitative estimate of drug-likeness (QED) is 0.774. The van der Waals surface area contributed by atoms with Gasteiger partial charge in [-0.2, -0.15) is 8.78 Å². The third-order valence-electron chi connectivity index (χ3n) is 3.10. The minimum Gasteiger partial charge on any atom is -0.507 e. The Morgan fingerprint density at radius 1 is 1.25 bits per heavy atom. The van der Waals surface area contributed by atoms with Crippen molar-refractivity contribution in [3.8, 4) is 17.2 Å². The Kier molecular flexibility index (Phi) is 5.97. The number of alkyl halides is 2. The Labute approximate surface area is 145 Å². The van der Waals surface area contributed by atoms with Crippen LogP contribution in [0.5, 0.6) is 17.2 Å². The molecule has 0 atom stereocenters. The van der Waals surface area contributed by atoms with Gasteiger partial charge in [0.15, 0.2) is 11.5 Å². The van der Waals surface area contributed by atoms with E-state index in [2.05, 4.69) is 26.0 Å². The summed E-state index contributed by atoms with van der Waals surface area (Å²) in [4.78, 5) is 12.1. The number of methoxy groups -OCH3 is 1. The first kappa shape index (κ1) is 18.0. The number of carbonyl (C=O) groups is 1. The largest absolute Gasteiger partial charge is 0.507 e. The number of phenolic OH excluding ortho intramolecular Hbond substituents is 1. The van der Waals surface area contributed by atoms with Crippen molar-refractivity contribution < 1.29 is 28.2 Å². The highest BCUT2D eigenvalue weighted by atomic mass is 79.9. The van der Waals surface area contributed by atoms with Gasteiger partial charge in [0.1, 0.15) is 5.75 Å². The number of benzene rings is 2. The van der Waals surface area contributed by atoms with Crippen LogP contribution in [0.3, 0.4) is 0 Å². The van der Waals surface area contributed by atoms with Gasteiger partial charge in [-0.25, -0.2) is 0 Å². The number of rotatable bonds is 6. The number of amides is 1. The maximum Gasteiger partial charge on any atom is 0.387 e. The summed E-state index contributed by atoms with van der Waals surface area (Å²) in [5.41, 5.74) is 0.635. The molecule has 0 saturated heterocycles. The summed E-state index contributed by atoms with van der Waals surface area (Å²) in [7, 11) is 1.34. The van der Waals surface area contributed by atoms with E-state index in [0.29, 0.717) is 10.0 Å². The summed E-state index contributed by atoms with van der Waals surface area (Å²) in [5, 5.41) is 12.3. The van der Waals surface area contributed by atoms with E-state index >= 15 is 0 Å². The highest BCUT2D eigenvalue weighted by Crippen LogP contribution is 2.29. The molecule has 5 nitrogen and oxygen atoms in total. The van der Waals surface area contributed by atoms with E-state index < -0.39 is 12.5 Å². The number of aromatic hydroxyl groups is 1. The maximum atomic E-state index is 12.4. The summed E-state index contributed by atoms with van der Waals surface area (Å²) < 4.78 is 34.8. The molecule has 8 heteroatoms. The van der Waals surface area contributed by atoms with Crippen LogP contribution in [-0.2, 0) is 6.54 Å². The molecule has 0 aliphatic carbocycles. The monoisotopic (exact) mass is 401 g/mol. The number of hydrogen-bond donors (Lipinski definition) is 2. The fraction of sp³-hybridized carbons (Fsp3) is 0.188. The van der Waals surface area contributed by atoms with Crippen LogP contribution >= 0.6 is 15.9 Å². The normalized spacial score (nSPS) is 10.5. The predicted molar refractivity (Wildman–Crippen MR) is 86.6 cm³/mol. The maximum absolute atomic E-state index is 12.4. The number of hydrogen-bond acceptors (Lipinski definition) is 4. The van der Waals surface area contributed by atoms with Gasteiger partial charge in [0.25, 0.3) is 5.91 Å². The summed E-state index contributed by atoms with van der Waals surface area (Å²) in [6.07, 6.45) is 0. The molecule has 0 radical (unpaired) electrons. The van der Waals surface area contributed by atoms with Crippen LogP contribution in [-0.4, -0.2) is 24.7 Å². The van der Waals surface area contributed by atoms with Gasteiger partial charge in [-0.05, 0) is 35.9 Å². The lowest BCUT2D eigenvalue weighted by molar-refractivity contribution is -0.0512. The van der Waals surface area contributed by atoms with E-state index in [-0.39, 0.29) is 29.4 Å². The SMILES string of the molecule is COc1ccc(CNC(=O)c2cc(Br)ccc2O)cc1OC(F)F. The minimum atomic E-state index is -2.98. The molecule has 2 rings (SSSR count). The summed E-state index contributed by atoms with van der Waals surface area (Å²) in [6, 6.07) is 8.90. The fourth-order valence-electron chi connectivity index (χ4n) is 1.99. The first-order valence-corrected chi connectivity index (χ1v) is 7.58. The Morgan fingerprint density at radius 3 is 2.67 bits per heavy atom. The zero-order chi connectivity index (χ0) is 17.7. The molecular weight excluding hydrogens is 388 g/mol. The van der Waals surface area contributed by atoms with Crippen molar-refractivity contribution in [3.63, 3.8) is 0 Å². The molecule has 0 aromatic heterocycles. The van der Waals surface area contributed by atoms with Crippen LogP contribution in [0.15, 0.2) is 40.9 Å². The summed E-state index contributed by atoms with van der Waals surface area (Å²) in [6.45, 7) is -2.92. The van der Waals surface area contributed by atoms with Gasteiger partial charge < -0.3 is 19.9 Å². The minimum absolute atomic E-state index is 0.0639. The number of carbonyl (C=O) groups excluding carboxylic acids is 1. The average molecular weight is 402 g/mol. The molecule has 0 saturated carbocycles. The van der Waals surface area contributed by atoms with Crippen molar-refractivity contribution >= 4 is 21.8 Å². The molecular formula is C16H14BrF2NO4. The van der Waals surface area contributed by atoms with Crippen molar-refractivity contribution in [2.45, 2.75) is 13.2 Å². The van der Waals surface area contributed by atoms with Crippen molar-refractivity contribution in [3.05, 3.63) is 52.0 Å². The number of phenols is 1. The molecule has 1 amide bonds. The first-order chi connectivity index (χ1) is 11.4. The molecule has 0 bridgehead atoms. The number of ether oxygens (including phenoxy) is 2. The average Bonchev–Trinajstić information content (AvgIpc) is 2.54. The van der Waals surface area contributed by atoms with Gasteiger partial charge in [-0.1, -0.05) is 22.0 Å². The Hall–Kier alpha value is -2.35. The lowest BCUT2D eigenvalue weighted by Crippen LogP contribution is -2.23. The van der Waals surface area contributed by atoms with E-state index in [0.717, 1.165) is 0 Å². The van der Waals surface area contributed by atoms with Crippen LogP contribution in [0.2, 0.25) is 0 Å². The predicted octanol–water partition coefficient (Wildman–Crippen LogP) is 3.69. The Bertz CT molecular complexity index is 740. The van der Waals surface area contributed by atoms with Gasteiger partial charge in [0.05, 0.1) is 12.7 Å². The lowest BCUT2D eigenvalue weighted by atomic mass is 10.1.